The molecule has 0 atom stereocenters. The molecule has 5 heteroatoms. The summed E-state index contributed by atoms with van der Waals surface area (Å²) in [6.45, 7) is 0. The standard InChI is InChI=1S/C13H8Br2ClFO/c14-7-8-1-3-10(6-12(8)16)18-13-5-9(17)2-4-11(13)15/h1-6H,7H2. The summed E-state index contributed by atoms with van der Waals surface area (Å²) in [5.41, 5.74) is 0.974. The summed E-state index contributed by atoms with van der Waals surface area (Å²) >= 11 is 12.7. The SMILES string of the molecule is Fc1ccc(Br)c(Oc2ccc(CBr)c(Cl)c2)c1. The zero-order valence-corrected chi connectivity index (χ0v) is 13.0. The van der Waals surface area contributed by atoms with E-state index in [0.717, 1.165) is 5.56 Å². The predicted octanol–water partition coefficient (Wildman–Crippen LogP) is 5.93. The fourth-order valence-corrected chi connectivity index (χ4v) is 2.60. The van der Waals surface area contributed by atoms with E-state index >= 15 is 0 Å². The van der Waals surface area contributed by atoms with Crippen molar-refractivity contribution < 1.29 is 9.13 Å². The molecule has 0 radical (unpaired) electrons. The highest BCUT2D eigenvalue weighted by Crippen LogP contribution is 2.32. The van der Waals surface area contributed by atoms with Gasteiger partial charge in [0.2, 0.25) is 0 Å². The highest BCUT2D eigenvalue weighted by molar-refractivity contribution is 9.10. The fraction of sp³-hybridized carbons (Fsp3) is 0.0769. The van der Waals surface area contributed by atoms with E-state index in [-0.39, 0.29) is 5.82 Å². The van der Waals surface area contributed by atoms with Gasteiger partial charge in [0.25, 0.3) is 0 Å². The largest absolute Gasteiger partial charge is 0.456 e. The number of rotatable bonds is 3. The van der Waals surface area contributed by atoms with E-state index in [9.17, 15) is 4.39 Å². The molecule has 0 bridgehead atoms. The van der Waals surface area contributed by atoms with Gasteiger partial charge in [-0.25, -0.2) is 4.39 Å². The molecule has 0 spiro atoms. The van der Waals surface area contributed by atoms with Crippen LogP contribution in [0.15, 0.2) is 40.9 Å². The van der Waals surface area contributed by atoms with Crippen molar-refractivity contribution in [3.05, 3.63) is 57.3 Å². The van der Waals surface area contributed by atoms with Gasteiger partial charge in [-0.1, -0.05) is 33.6 Å². The van der Waals surface area contributed by atoms with Crippen molar-refractivity contribution in [1.82, 2.24) is 0 Å². The van der Waals surface area contributed by atoms with E-state index in [1.54, 1.807) is 18.2 Å². The molecule has 1 nitrogen and oxygen atoms in total. The Hall–Kier alpha value is -0.580. The summed E-state index contributed by atoms with van der Waals surface area (Å²) in [6, 6.07) is 9.63. The van der Waals surface area contributed by atoms with Gasteiger partial charge in [-0.05, 0) is 45.8 Å². The van der Waals surface area contributed by atoms with Crippen LogP contribution in [-0.2, 0) is 5.33 Å². The van der Waals surface area contributed by atoms with E-state index in [0.29, 0.717) is 26.3 Å². The maximum Gasteiger partial charge on any atom is 0.144 e. The lowest BCUT2D eigenvalue weighted by Gasteiger charge is -2.09. The Morgan fingerprint density at radius 2 is 1.94 bits per heavy atom. The maximum absolute atomic E-state index is 13.1. The van der Waals surface area contributed by atoms with E-state index in [4.69, 9.17) is 16.3 Å². The maximum atomic E-state index is 13.1. The van der Waals surface area contributed by atoms with Crippen LogP contribution in [0.1, 0.15) is 5.56 Å². The third kappa shape index (κ3) is 3.25. The number of hydrogen-bond acceptors (Lipinski definition) is 1. The molecular weight excluding hydrogens is 386 g/mol. The van der Waals surface area contributed by atoms with Gasteiger partial charge in [0.15, 0.2) is 0 Å². The first-order valence-electron chi connectivity index (χ1n) is 5.07. The minimum atomic E-state index is -0.351. The van der Waals surface area contributed by atoms with Crippen LogP contribution in [0.4, 0.5) is 4.39 Å². The molecule has 0 saturated heterocycles. The zero-order valence-electron chi connectivity index (χ0n) is 9.09. The predicted molar refractivity (Wildman–Crippen MR) is 78.3 cm³/mol. The zero-order chi connectivity index (χ0) is 13.1. The summed E-state index contributed by atoms with van der Waals surface area (Å²) < 4.78 is 19.4. The molecule has 94 valence electrons. The van der Waals surface area contributed by atoms with Crippen molar-refractivity contribution in [2.24, 2.45) is 0 Å². The highest BCUT2D eigenvalue weighted by atomic mass is 79.9. The molecule has 0 fully saturated rings. The van der Waals surface area contributed by atoms with Crippen molar-refractivity contribution in [2.45, 2.75) is 5.33 Å². The molecule has 0 amide bonds. The summed E-state index contributed by atoms with van der Waals surface area (Å²) in [7, 11) is 0. The average Bonchev–Trinajstić information content (AvgIpc) is 2.34. The number of hydrogen-bond donors (Lipinski definition) is 0. The molecule has 2 aromatic carbocycles. The molecule has 18 heavy (non-hydrogen) atoms. The van der Waals surface area contributed by atoms with Gasteiger partial charge in [-0.15, -0.1) is 0 Å². The van der Waals surface area contributed by atoms with Gasteiger partial charge < -0.3 is 4.74 Å². The number of halogens is 4. The quantitative estimate of drug-likeness (QED) is 0.587. The first-order valence-corrected chi connectivity index (χ1v) is 7.36. The van der Waals surface area contributed by atoms with E-state index in [2.05, 4.69) is 31.9 Å². The first kappa shape index (κ1) is 13.8. The molecule has 0 aliphatic rings. The lowest BCUT2D eigenvalue weighted by Crippen LogP contribution is -1.88. The van der Waals surface area contributed by atoms with Crippen LogP contribution in [0.5, 0.6) is 11.5 Å². The van der Waals surface area contributed by atoms with Gasteiger partial charge in [-0.3, -0.25) is 0 Å². The van der Waals surface area contributed by atoms with Crippen LogP contribution >= 0.6 is 43.5 Å². The van der Waals surface area contributed by atoms with Gasteiger partial charge in [0.1, 0.15) is 17.3 Å². The van der Waals surface area contributed by atoms with Crippen LogP contribution in [0, 0.1) is 5.82 Å². The van der Waals surface area contributed by atoms with Crippen LogP contribution in [0.3, 0.4) is 0 Å². The minimum absolute atomic E-state index is 0.351. The molecule has 0 unspecified atom stereocenters. The van der Waals surface area contributed by atoms with E-state index in [1.165, 1.54) is 12.1 Å². The minimum Gasteiger partial charge on any atom is -0.456 e. The van der Waals surface area contributed by atoms with Gasteiger partial charge in [0, 0.05) is 16.4 Å². The number of alkyl halides is 1. The van der Waals surface area contributed by atoms with Crippen molar-refractivity contribution in [3.63, 3.8) is 0 Å². The third-order valence-electron chi connectivity index (χ3n) is 2.29. The summed E-state index contributed by atoms with van der Waals surface area (Å²) in [5.74, 6) is 0.630. The van der Waals surface area contributed by atoms with Crippen molar-refractivity contribution >= 4 is 43.5 Å². The molecular formula is C13H8Br2ClFO. The molecule has 0 aromatic heterocycles. The molecule has 2 rings (SSSR count). The van der Waals surface area contributed by atoms with Crippen LogP contribution < -0.4 is 4.74 Å². The Balaban J connectivity index is 2.28. The van der Waals surface area contributed by atoms with Crippen LogP contribution in [0.25, 0.3) is 0 Å². The lowest BCUT2D eigenvalue weighted by atomic mass is 10.2. The molecule has 2 aromatic rings. The Bertz CT molecular complexity index is 575. The summed E-state index contributed by atoms with van der Waals surface area (Å²) in [4.78, 5) is 0. The molecule has 0 heterocycles. The van der Waals surface area contributed by atoms with Crippen molar-refractivity contribution in [2.75, 3.05) is 0 Å². The third-order valence-corrected chi connectivity index (χ3v) is 3.90. The monoisotopic (exact) mass is 392 g/mol. The number of ether oxygens (including phenoxy) is 1. The van der Waals surface area contributed by atoms with Crippen molar-refractivity contribution in [3.8, 4) is 11.5 Å². The summed E-state index contributed by atoms with van der Waals surface area (Å²) in [5, 5.41) is 1.28. The molecule has 0 saturated carbocycles. The molecule has 0 N–H and O–H groups in total. The summed E-state index contributed by atoms with van der Waals surface area (Å²) in [6.07, 6.45) is 0. The average molecular weight is 394 g/mol. The second-order valence-corrected chi connectivity index (χ2v) is 5.39. The highest BCUT2D eigenvalue weighted by Gasteiger charge is 2.06. The Morgan fingerprint density at radius 3 is 2.61 bits per heavy atom. The number of benzene rings is 2. The Labute approximate surface area is 126 Å². The lowest BCUT2D eigenvalue weighted by molar-refractivity contribution is 0.473. The smallest absolute Gasteiger partial charge is 0.144 e. The van der Waals surface area contributed by atoms with E-state index in [1.807, 2.05) is 6.07 Å². The van der Waals surface area contributed by atoms with Crippen LogP contribution in [0.2, 0.25) is 5.02 Å². The second kappa shape index (κ2) is 6.04. The van der Waals surface area contributed by atoms with Gasteiger partial charge in [0.05, 0.1) is 4.47 Å². The van der Waals surface area contributed by atoms with Gasteiger partial charge >= 0.3 is 0 Å². The Morgan fingerprint density at radius 1 is 1.17 bits per heavy atom. The van der Waals surface area contributed by atoms with E-state index < -0.39 is 0 Å². The topological polar surface area (TPSA) is 9.23 Å². The second-order valence-electron chi connectivity index (χ2n) is 3.56. The fourth-order valence-electron chi connectivity index (χ4n) is 1.38. The van der Waals surface area contributed by atoms with Gasteiger partial charge in [-0.2, -0.15) is 0 Å². The first-order chi connectivity index (χ1) is 8.60. The van der Waals surface area contributed by atoms with Crippen molar-refractivity contribution in [1.29, 1.82) is 0 Å². The normalized spacial score (nSPS) is 10.4. The molecule has 0 aliphatic carbocycles. The molecule has 0 aliphatic heterocycles. The van der Waals surface area contributed by atoms with Crippen LogP contribution in [-0.4, -0.2) is 0 Å². The Kier molecular flexibility index (Phi) is 4.65.